The summed E-state index contributed by atoms with van der Waals surface area (Å²) in [7, 11) is 0. The molecule has 3 N–H and O–H groups in total. The van der Waals surface area contributed by atoms with Gasteiger partial charge in [-0.1, -0.05) is 12.2 Å². The van der Waals surface area contributed by atoms with E-state index in [4.69, 9.17) is 10.8 Å². The normalized spacial score (nSPS) is 10.8. The maximum atomic E-state index is 10.00. The Morgan fingerprint density at radius 1 is 1.20 bits per heavy atom. The Hall–Kier alpha value is -1.58. The van der Waals surface area contributed by atoms with Crippen molar-refractivity contribution in [1.82, 2.24) is 0 Å². The number of carbonyl (C=O) groups is 2. The van der Waals surface area contributed by atoms with Crippen molar-refractivity contribution in [3.63, 3.8) is 0 Å². The number of aliphatic carboxylic acids is 1. The number of nitrogens with two attached hydrogens (primary N) is 1. The van der Waals surface area contributed by atoms with E-state index in [0.29, 0.717) is 0 Å². The van der Waals surface area contributed by atoms with Crippen LogP contribution in [-0.4, -0.2) is 17.0 Å². The third-order valence-electron chi connectivity index (χ3n) is 0.610. The molecule has 0 fully saturated rings. The van der Waals surface area contributed by atoms with E-state index in [9.17, 15) is 9.59 Å². The molecule has 54 valence electrons. The number of rotatable bonds is 3. The fourth-order valence-electron chi connectivity index (χ4n) is 0.288. The molecular formula is C6H7NO3. The fourth-order valence-corrected chi connectivity index (χ4v) is 0.288. The second kappa shape index (κ2) is 4.31. The summed E-state index contributed by atoms with van der Waals surface area (Å²) in [5.74, 6) is -1.66. The zero-order valence-electron chi connectivity index (χ0n) is 5.15. The molecule has 0 aliphatic rings. The smallest absolute Gasteiger partial charge is 0.328 e. The minimum absolute atomic E-state index is 0.602. The number of amides is 1. The lowest BCUT2D eigenvalue weighted by atomic mass is 10.4. The molecular weight excluding hydrogens is 134 g/mol. The molecule has 10 heavy (non-hydrogen) atoms. The highest BCUT2D eigenvalue weighted by Gasteiger charge is 1.81. The van der Waals surface area contributed by atoms with Crippen LogP contribution in [0.3, 0.4) is 0 Å². The Morgan fingerprint density at radius 3 is 2.10 bits per heavy atom. The summed E-state index contributed by atoms with van der Waals surface area (Å²) in [4.78, 5) is 19.8. The number of allylic oxidation sites excluding steroid dienone is 2. The first kappa shape index (κ1) is 8.42. The van der Waals surface area contributed by atoms with Gasteiger partial charge in [0.1, 0.15) is 0 Å². The van der Waals surface area contributed by atoms with Crippen LogP contribution in [0.4, 0.5) is 0 Å². The fraction of sp³-hybridized carbons (Fsp3) is 0. The van der Waals surface area contributed by atoms with Crippen molar-refractivity contribution in [2.75, 3.05) is 0 Å². The minimum atomic E-state index is -1.06. The number of hydrogen-bond acceptors (Lipinski definition) is 2. The Morgan fingerprint density at radius 2 is 1.70 bits per heavy atom. The largest absolute Gasteiger partial charge is 0.478 e. The van der Waals surface area contributed by atoms with Gasteiger partial charge < -0.3 is 10.8 Å². The van der Waals surface area contributed by atoms with Crippen molar-refractivity contribution in [1.29, 1.82) is 0 Å². The summed E-state index contributed by atoms with van der Waals surface area (Å²) in [6.45, 7) is 0. The summed E-state index contributed by atoms with van der Waals surface area (Å²) in [5, 5.41) is 8.04. The Balaban J connectivity index is 3.73. The van der Waals surface area contributed by atoms with Gasteiger partial charge >= 0.3 is 5.97 Å². The number of carboxylic acid groups (broad SMARTS) is 1. The van der Waals surface area contributed by atoms with Crippen LogP contribution in [-0.2, 0) is 9.59 Å². The molecule has 0 saturated heterocycles. The van der Waals surface area contributed by atoms with Gasteiger partial charge in [0.25, 0.3) is 0 Å². The Bertz CT molecular complexity index is 171. The van der Waals surface area contributed by atoms with Gasteiger partial charge in [-0.05, 0) is 0 Å². The highest BCUT2D eigenvalue weighted by atomic mass is 16.4. The quantitative estimate of drug-likeness (QED) is 0.417. The van der Waals surface area contributed by atoms with Gasteiger partial charge in [0.05, 0.1) is 0 Å². The molecule has 0 radical (unpaired) electrons. The predicted octanol–water partition coefficient (Wildman–Crippen LogP) is -0.331. The lowest BCUT2D eigenvalue weighted by Crippen LogP contribution is -2.04. The van der Waals surface area contributed by atoms with Crippen LogP contribution in [0, 0.1) is 0 Å². The highest BCUT2D eigenvalue weighted by molar-refractivity contribution is 5.86. The van der Waals surface area contributed by atoms with E-state index >= 15 is 0 Å². The summed E-state index contributed by atoms with van der Waals surface area (Å²) in [6.07, 6.45) is 4.45. The van der Waals surface area contributed by atoms with E-state index in [0.717, 1.165) is 12.2 Å². The van der Waals surface area contributed by atoms with Crippen molar-refractivity contribution in [3.8, 4) is 0 Å². The van der Waals surface area contributed by atoms with Crippen molar-refractivity contribution >= 4 is 11.9 Å². The van der Waals surface area contributed by atoms with Crippen LogP contribution in [0.15, 0.2) is 24.3 Å². The predicted molar refractivity (Wildman–Crippen MR) is 35.1 cm³/mol. The molecule has 4 nitrogen and oxygen atoms in total. The van der Waals surface area contributed by atoms with E-state index in [1.807, 2.05) is 0 Å². The molecule has 0 atom stereocenters. The van der Waals surface area contributed by atoms with Crippen molar-refractivity contribution < 1.29 is 14.7 Å². The molecule has 0 aromatic rings. The second-order valence-electron chi connectivity index (χ2n) is 1.46. The van der Waals surface area contributed by atoms with E-state index in [1.54, 1.807) is 0 Å². The van der Waals surface area contributed by atoms with Crippen LogP contribution in [0.5, 0.6) is 0 Å². The average molecular weight is 141 g/mol. The van der Waals surface area contributed by atoms with Crippen LogP contribution >= 0.6 is 0 Å². The third-order valence-corrected chi connectivity index (χ3v) is 0.610. The zero-order valence-corrected chi connectivity index (χ0v) is 5.15. The molecule has 0 aromatic carbocycles. The van der Waals surface area contributed by atoms with Crippen molar-refractivity contribution in [3.05, 3.63) is 24.3 Å². The number of carboxylic acids is 1. The first-order chi connectivity index (χ1) is 4.63. The molecule has 0 heterocycles. The van der Waals surface area contributed by atoms with Gasteiger partial charge in [-0.15, -0.1) is 0 Å². The van der Waals surface area contributed by atoms with Gasteiger partial charge in [0.15, 0.2) is 0 Å². The number of primary amides is 1. The summed E-state index contributed by atoms with van der Waals surface area (Å²) in [6, 6.07) is 0. The summed E-state index contributed by atoms with van der Waals surface area (Å²) >= 11 is 0. The second-order valence-corrected chi connectivity index (χ2v) is 1.46. The van der Waals surface area contributed by atoms with Gasteiger partial charge in [0, 0.05) is 12.2 Å². The lowest BCUT2D eigenvalue weighted by Gasteiger charge is -1.75. The maximum absolute atomic E-state index is 10.00. The SMILES string of the molecule is NC(=O)/C=C/C=C/C(=O)O. The van der Waals surface area contributed by atoms with Crippen LogP contribution in [0.25, 0.3) is 0 Å². The molecule has 4 heteroatoms. The van der Waals surface area contributed by atoms with E-state index in [1.165, 1.54) is 12.2 Å². The first-order valence-electron chi connectivity index (χ1n) is 2.50. The molecule has 0 aliphatic heterocycles. The molecule has 0 aromatic heterocycles. The minimum Gasteiger partial charge on any atom is -0.478 e. The summed E-state index contributed by atoms with van der Waals surface area (Å²) < 4.78 is 0. The topological polar surface area (TPSA) is 80.4 Å². The first-order valence-corrected chi connectivity index (χ1v) is 2.50. The van der Waals surface area contributed by atoms with Gasteiger partial charge in [-0.25, -0.2) is 4.79 Å². The molecule has 1 amide bonds. The molecule has 0 unspecified atom stereocenters. The monoisotopic (exact) mass is 141 g/mol. The Labute approximate surface area is 57.6 Å². The Kier molecular flexibility index (Phi) is 3.63. The average Bonchev–Trinajstić information content (AvgIpc) is 1.79. The van der Waals surface area contributed by atoms with Crippen LogP contribution < -0.4 is 5.73 Å². The molecule has 0 aliphatic carbocycles. The summed E-state index contributed by atoms with van der Waals surface area (Å²) in [5.41, 5.74) is 4.70. The van der Waals surface area contributed by atoms with Crippen molar-refractivity contribution in [2.24, 2.45) is 5.73 Å². The van der Waals surface area contributed by atoms with E-state index in [-0.39, 0.29) is 0 Å². The number of carbonyl (C=O) groups excluding carboxylic acids is 1. The van der Waals surface area contributed by atoms with Crippen LogP contribution in [0.2, 0.25) is 0 Å². The highest BCUT2D eigenvalue weighted by Crippen LogP contribution is 1.75. The molecule has 0 saturated carbocycles. The van der Waals surface area contributed by atoms with Gasteiger partial charge in [-0.3, -0.25) is 4.79 Å². The number of hydrogen-bond donors (Lipinski definition) is 2. The van der Waals surface area contributed by atoms with Crippen molar-refractivity contribution in [2.45, 2.75) is 0 Å². The third kappa shape index (κ3) is 6.42. The molecule has 0 bridgehead atoms. The standard InChI is InChI=1S/C6H7NO3/c7-5(8)3-1-2-4-6(9)10/h1-4H,(H2,7,8)(H,9,10)/b3-1+,4-2+. The van der Waals surface area contributed by atoms with Gasteiger partial charge in [-0.2, -0.15) is 0 Å². The zero-order chi connectivity index (χ0) is 7.98. The van der Waals surface area contributed by atoms with E-state index in [2.05, 4.69) is 0 Å². The van der Waals surface area contributed by atoms with Gasteiger partial charge in [0.2, 0.25) is 5.91 Å². The maximum Gasteiger partial charge on any atom is 0.328 e. The molecule has 0 spiro atoms. The van der Waals surface area contributed by atoms with Crippen LogP contribution in [0.1, 0.15) is 0 Å². The lowest BCUT2D eigenvalue weighted by molar-refractivity contribution is -0.131. The van der Waals surface area contributed by atoms with E-state index < -0.39 is 11.9 Å². The molecule has 0 rings (SSSR count).